The smallest absolute Gasteiger partial charge is 0.319 e. The first-order valence-corrected chi connectivity index (χ1v) is 11.4. The predicted molar refractivity (Wildman–Crippen MR) is 134 cm³/mol. The summed E-state index contributed by atoms with van der Waals surface area (Å²) in [7, 11) is 0. The van der Waals surface area contributed by atoms with E-state index in [0.717, 1.165) is 17.7 Å². The van der Waals surface area contributed by atoms with Crippen molar-refractivity contribution in [2.24, 2.45) is 0 Å². The lowest BCUT2D eigenvalue weighted by atomic mass is 10.1. The van der Waals surface area contributed by atoms with Crippen molar-refractivity contribution in [1.82, 2.24) is 5.32 Å². The van der Waals surface area contributed by atoms with Gasteiger partial charge in [0.15, 0.2) is 0 Å². The number of halogens is 1. The molecule has 0 bridgehead atoms. The van der Waals surface area contributed by atoms with Gasteiger partial charge in [-0.2, -0.15) is 0 Å². The molecule has 7 nitrogen and oxygen atoms in total. The molecule has 3 aromatic rings. The molecular formula is C26H25ClN4O3. The molecule has 0 aliphatic carbocycles. The second-order valence-electron chi connectivity index (χ2n) is 8.03. The fraction of sp³-hybridized carbons (Fsp3) is 0.192. The number of nitrogens with zero attached hydrogens (tertiary/aromatic N) is 1. The van der Waals surface area contributed by atoms with Gasteiger partial charge in [0.25, 0.3) is 0 Å². The Hall–Kier alpha value is -3.84. The molecule has 8 heteroatoms. The maximum Gasteiger partial charge on any atom is 0.319 e. The molecule has 1 aliphatic heterocycles. The zero-order valence-corrected chi connectivity index (χ0v) is 19.2. The minimum Gasteiger partial charge on any atom is -0.326 e. The van der Waals surface area contributed by atoms with Gasteiger partial charge in [-0.15, -0.1) is 0 Å². The highest BCUT2D eigenvalue weighted by atomic mass is 35.5. The van der Waals surface area contributed by atoms with Crippen LogP contribution in [0.3, 0.4) is 0 Å². The number of hydrogen-bond donors (Lipinski definition) is 3. The van der Waals surface area contributed by atoms with Crippen LogP contribution in [0.4, 0.5) is 21.9 Å². The second-order valence-corrected chi connectivity index (χ2v) is 8.47. The Morgan fingerprint density at radius 3 is 2.18 bits per heavy atom. The van der Waals surface area contributed by atoms with E-state index in [4.69, 9.17) is 11.6 Å². The quantitative estimate of drug-likeness (QED) is 0.455. The average Bonchev–Trinajstić information content (AvgIpc) is 3.27. The van der Waals surface area contributed by atoms with Crippen LogP contribution in [0.2, 0.25) is 5.02 Å². The third-order valence-electron chi connectivity index (χ3n) is 5.53. The normalized spacial score (nSPS) is 13.9. The van der Waals surface area contributed by atoms with Crippen molar-refractivity contribution in [2.45, 2.75) is 25.3 Å². The molecule has 1 heterocycles. The maximum atomic E-state index is 13.1. The van der Waals surface area contributed by atoms with Crippen molar-refractivity contribution in [2.75, 3.05) is 22.1 Å². The molecule has 3 N–H and O–H groups in total. The minimum absolute atomic E-state index is 0.107. The summed E-state index contributed by atoms with van der Waals surface area (Å²) in [5.41, 5.74) is 2.87. The van der Waals surface area contributed by atoms with Gasteiger partial charge >= 0.3 is 6.03 Å². The molecule has 4 rings (SSSR count). The Morgan fingerprint density at radius 1 is 0.882 bits per heavy atom. The lowest BCUT2D eigenvalue weighted by Crippen LogP contribution is -2.46. The summed E-state index contributed by atoms with van der Waals surface area (Å²) in [4.78, 5) is 39.4. The molecule has 0 saturated carbocycles. The molecule has 0 radical (unpaired) electrons. The molecule has 3 aromatic carbocycles. The number of rotatable bonds is 7. The summed E-state index contributed by atoms with van der Waals surface area (Å²) >= 11 is 5.89. The van der Waals surface area contributed by atoms with Crippen LogP contribution in [0.1, 0.15) is 18.4 Å². The standard InChI is InChI=1S/C26H25ClN4O3/c27-19-8-10-21(11-9-19)29-26(34)30-23(17-18-5-2-1-3-6-18)25(33)28-20-12-14-22(15-13-20)31-16-4-7-24(31)32/h1-3,5-6,8-15,23H,4,7,16-17H2,(H,28,33)(H2,29,30,34)/t23-/m1/s1. The zero-order chi connectivity index (χ0) is 23.9. The fourth-order valence-corrected chi connectivity index (χ4v) is 3.92. The average molecular weight is 477 g/mol. The molecule has 1 saturated heterocycles. The third kappa shape index (κ3) is 6.14. The summed E-state index contributed by atoms with van der Waals surface area (Å²) in [6.45, 7) is 0.705. The van der Waals surface area contributed by atoms with Crippen molar-refractivity contribution in [3.05, 3.63) is 89.4 Å². The molecule has 1 aliphatic rings. The second kappa shape index (κ2) is 10.9. The van der Waals surface area contributed by atoms with E-state index in [1.165, 1.54) is 0 Å². The molecule has 0 spiro atoms. The van der Waals surface area contributed by atoms with Crippen LogP contribution in [0.5, 0.6) is 0 Å². The molecule has 4 amide bonds. The van der Waals surface area contributed by atoms with Crippen LogP contribution in [0.15, 0.2) is 78.9 Å². The van der Waals surface area contributed by atoms with Crippen LogP contribution in [-0.2, 0) is 16.0 Å². The topological polar surface area (TPSA) is 90.5 Å². The molecule has 0 unspecified atom stereocenters. The highest BCUT2D eigenvalue weighted by Crippen LogP contribution is 2.23. The first kappa shape index (κ1) is 23.3. The van der Waals surface area contributed by atoms with Gasteiger partial charge in [0, 0.05) is 41.5 Å². The number of carbonyl (C=O) groups is 3. The van der Waals surface area contributed by atoms with E-state index in [-0.39, 0.29) is 11.8 Å². The molecule has 34 heavy (non-hydrogen) atoms. The van der Waals surface area contributed by atoms with Crippen LogP contribution in [0, 0.1) is 0 Å². The summed E-state index contributed by atoms with van der Waals surface area (Å²) in [5, 5.41) is 8.91. The van der Waals surface area contributed by atoms with E-state index < -0.39 is 12.1 Å². The third-order valence-corrected chi connectivity index (χ3v) is 5.78. The number of anilines is 3. The molecule has 1 fully saturated rings. The fourth-order valence-electron chi connectivity index (χ4n) is 3.79. The zero-order valence-electron chi connectivity index (χ0n) is 18.5. The van der Waals surface area contributed by atoms with E-state index in [0.29, 0.717) is 35.8 Å². The van der Waals surface area contributed by atoms with Crippen LogP contribution >= 0.6 is 11.6 Å². The number of urea groups is 1. The number of nitrogens with one attached hydrogen (secondary N) is 3. The van der Waals surface area contributed by atoms with Crippen molar-refractivity contribution in [3.8, 4) is 0 Å². The minimum atomic E-state index is -0.811. The Kier molecular flexibility index (Phi) is 7.44. The monoisotopic (exact) mass is 476 g/mol. The first-order chi connectivity index (χ1) is 16.5. The van der Waals surface area contributed by atoms with Crippen LogP contribution in [-0.4, -0.2) is 30.4 Å². The Labute approximate surface area is 203 Å². The summed E-state index contributed by atoms with van der Waals surface area (Å²) in [6.07, 6.45) is 1.73. The molecule has 174 valence electrons. The lowest BCUT2D eigenvalue weighted by molar-refractivity contribution is -0.118. The number of amides is 4. The van der Waals surface area contributed by atoms with Crippen LogP contribution in [0.25, 0.3) is 0 Å². The largest absolute Gasteiger partial charge is 0.326 e. The van der Waals surface area contributed by atoms with Gasteiger partial charge in [-0.1, -0.05) is 41.9 Å². The van der Waals surface area contributed by atoms with E-state index in [9.17, 15) is 14.4 Å². The van der Waals surface area contributed by atoms with Crippen molar-refractivity contribution < 1.29 is 14.4 Å². The van der Waals surface area contributed by atoms with Gasteiger partial charge in [-0.3, -0.25) is 9.59 Å². The highest BCUT2D eigenvalue weighted by Gasteiger charge is 2.23. The highest BCUT2D eigenvalue weighted by molar-refractivity contribution is 6.30. The molecule has 1 atom stereocenters. The van der Waals surface area contributed by atoms with E-state index in [1.807, 2.05) is 42.5 Å². The van der Waals surface area contributed by atoms with Gasteiger partial charge < -0.3 is 20.9 Å². The first-order valence-electron chi connectivity index (χ1n) is 11.1. The SMILES string of the molecule is O=C(Nc1ccc(Cl)cc1)N[C@H](Cc1ccccc1)C(=O)Nc1ccc(N2CCCC2=O)cc1. The Morgan fingerprint density at radius 2 is 1.53 bits per heavy atom. The molecule has 0 aromatic heterocycles. The maximum absolute atomic E-state index is 13.1. The predicted octanol–water partition coefficient (Wildman–Crippen LogP) is 4.84. The van der Waals surface area contributed by atoms with Gasteiger partial charge in [-0.05, 0) is 60.5 Å². The van der Waals surface area contributed by atoms with E-state index in [2.05, 4.69) is 16.0 Å². The number of hydrogen-bond acceptors (Lipinski definition) is 3. The van der Waals surface area contributed by atoms with Crippen molar-refractivity contribution >= 4 is 46.5 Å². The van der Waals surface area contributed by atoms with Gasteiger partial charge in [0.05, 0.1) is 0 Å². The van der Waals surface area contributed by atoms with Gasteiger partial charge in [0.2, 0.25) is 11.8 Å². The summed E-state index contributed by atoms with van der Waals surface area (Å²) < 4.78 is 0. The van der Waals surface area contributed by atoms with Crippen LogP contribution < -0.4 is 20.9 Å². The van der Waals surface area contributed by atoms with Gasteiger partial charge in [-0.25, -0.2) is 4.79 Å². The number of carbonyl (C=O) groups excluding carboxylic acids is 3. The Bertz CT molecular complexity index is 1150. The number of benzene rings is 3. The molecular weight excluding hydrogens is 452 g/mol. The van der Waals surface area contributed by atoms with Gasteiger partial charge in [0.1, 0.15) is 6.04 Å². The van der Waals surface area contributed by atoms with Crippen molar-refractivity contribution in [3.63, 3.8) is 0 Å². The van der Waals surface area contributed by atoms with Crippen molar-refractivity contribution in [1.29, 1.82) is 0 Å². The summed E-state index contributed by atoms with van der Waals surface area (Å²) in [5.74, 6) is -0.240. The summed E-state index contributed by atoms with van der Waals surface area (Å²) in [6, 6.07) is 22.0. The Balaban J connectivity index is 1.44. The lowest BCUT2D eigenvalue weighted by Gasteiger charge is -2.20. The van der Waals surface area contributed by atoms with E-state index in [1.54, 1.807) is 41.3 Å². The van der Waals surface area contributed by atoms with E-state index >= 15 is 0 Å².